The largest absolute Gasteiger partial charge is 0.497 e. The van der Waals surface area contributed by atoms with E-state index in [1.54, 1.807) is 7.11 Å². The van der Waals surface area contributed by atoms with Gasteiger partial charge in [-0.3, -0.25) is 0 Å². The van der Waals surface area contributed by atoms with E-state index in [-0.39, 0.29) is 12.1 Å². The van der Waals surface area contributed by atoms with Crippen molar-refractivity contribution in [2.75, 3.05) is 20.8 Å². The third kappa shape index (κ3) is 2.68. The highest BCUT2D eigenvalue weighted by molar-refractivity contribution is 5.42. The van der Waals surface area contributed by atoms with E-state index in [9.17, 15) is 0 Å². The summed E-state index contributed by atoms with van der Waals surface area (Å²) in [5, 5.41) is 3.36. The predicted molar refractivity (Wildman–Crippen MR) is 73.1 cm³/mol. The molecule has 1 N–H and O–H groups in total. The highest BCUT2D eigenvalue weighted by Gasteiger charge is 2.32. The molecule has 3 nitrogen and oxygen atoms in total. The summed E-state index contributed by atoms with van der Waals surface area (Å²) in [6.45, 7) is 5.17. The molecule has 0 spiro atoms. The molecule has 0 bridgehead atoms. The van der Waals surface area contributed by atoms with Crippen LogP contribution in [0.1, 0.15) is 31.0 Å². The summed E-state index contributed by atoms with van der Waals surface area (Å²) >= 11 is 0. The van der Waals surface area contributed by atoms with Crippen molar-refractivity contribution in [1.29, 1.82) is 0 Å². The van der Waals surface area contributed by atoms with E-state index in [2.05, 4.69) is 31.3 Å². The Balaban J connectivity index is 2.15. The van der Waals surface area contributed by atoms with Crippen LogP contribution in [-0.2, 0) is 11.2 Å². The summed E-state index contributed by atoms with van der Waals surface area (Å²) in [5.41, 5.74) is 2.68. The summed E-state index contributed by atoms with van der Waals surface area (Å²) in [7, 11) is 3.70. The van der Waals surface area contributed by atoms with E-state index >= 15 is 0 Å². The van der Waals surface area contributed by atoms with Crippen molar-refractivity contribution in [3.63, 3.8) is 0 Å². The van der Waals surface area contributed by atoms with E-state index in [4.69, 9.17) is 9.47 Å². The summed E-state index contributed by atoms with van der Waals surface area (Å²) in [6.07, 6.45) is 1.22. The number of likely N-dealkylation sites (N-methyl/N-ethyl adjacent to an activating group) is 1. The topological polar surface area (TPSA) is 30.5 Å². The Labute approximate surface area is 109 Å². The Morgan fingerprint density at radius 2 is 2.17 bits per heavy atom. The molecule has 0 saturated carbocycles. The van der Waals surface area contributed by atoms with Crippen molar-refractivity contribution in [2.45, 2.75) is 32.4 Å². The normalized spacial score (nSPS) is 22.3. The third-order valence-corrected chi connectivity index (χ3v) is 3.44. The van der Waals surface area contributed by atoms with Gasteiger partial charge < -0.3 is 14.8 Å². The number of nitrogens with one attached hydrogen (secondary N) is 1. The van der Waals surface area contributed by atoms with Crippen molar-refractivity contribution >= 4 is 0 Å². The Morgan fingerprint density at radius 1 is 1.39 bits per heavy atom. The van der Waals surface area contributed by atoms with Crippen molar-refractivity contribution < 1.29 is 9.47 Å². The first-order valence-electron chi connectivity index (χ1n) is 6.61. The number of fused-ring (bicyclic) bond motifs is 1. The van der Waals surface area contributed by atoms with E-state index in [1.165, 1.54) is 11.1 Å². The SMILES string of the molecule is CNC1c2cc(OC)ccc2CC1OCC(C)C. The van der Waals surface area contributed by atoms with E-state index in [0.717, 1.165) is 18.8 Å². The predicted octanol–water partition coefficient (Wildman–Crippen LogP) is 2.55. The van der Waals surface area contributed by atoms with Gasteiger partial charge in [0.15, 0.2) is 0 Å². The first-order chi connectivity index (χ1) is 8.65. The minimum atomic E-state index is 0.236. The van der Waals surface area contributed by atoms with Gasteiger partial charge in [0.25, 0.3) is 0 Å². The first kappa shape index (κ1) is 13.4. The number of rotatable bonds is 5. The summed E-state index contributed by atoms with van der Waals surface area (Å²) < 4.78 is 11.3. The Hall–Kier alpha value is -1.06. The molecule has 2 atom stereocenters. The first-order valence-corrected chi connectivity index (χ1v) is 6.61. The lowest BCUT2D eigenvalue weighted by Crippen LogP contribution is -2.29. The molecule has 0 radical (unpaired) electrons. The highest BCUT2D eigenvalue weighted by Crippen LogP contribution is 2.35. The maximum Gasteiger partial charge on any atom is 0.119 e. The molecule has 1 aliphatic carbocycles. The van der Waals surface area contributed by atoms with Crippen LogP contribution in [0.3, 0.4) is 0 Å². The zero-order valence-corrected chi connectivity index (χ0v) is 11.7. The number of ether oxygens (including phenoxy) is 2. The number of hydrogen-bond acceptors (Lipinski definition) is 3. The molecule has 0 fully saturated rings. The van der Waals surface area contributed by atoms with Crippen LogP contribution in [0.25, 0.3) is 0 Å². The minimum absolute atomic E-state index is 0.236. The van der Waals surface area contributed by atoms with Crippen LogP contribution in [0.2, 0.25) is 0 Å². The average molecular weight is 249 g/mol. The lowest BCUT2D eigenvalue weighted by atomic mass is 10.1. The quantitative estimate of drug-likeness (QED) is 0.870. The van der Waals surface area contributed by atoms with Gasteiger partial charge in [-0.15, -0.1) is 0 Å². The second kappa shape index (κ2) is 5.72. The van der Waals surface area contributed by atoms with Crippen molar-refractivity contribution in [3.8, 4) is 5.75 Å². The van der Waals surface area contributed by atoms with Gasteiger partial charge >= 0.3 is 0 Å². The molecule has 100 valence electrons. The molecule has 2 unspecified atom stereocenters. The van der Waals surface area contributed by atoms with Gasteiger partial charge in [0.1, 0.15) is 5.75 Å². The van der Waals surface area contributed by atoms with Gasteiger partial charge in [-0.1, -0.05) is 19.9 Å². The summed E-state index contributed by atoms with van der Waals surface area (Å²) in [4.78, 5) is 0. The fourth-order valence-corrected chi connectivity index (χ4v) is 2.52. The fourth-order valence-electron chi connectivity index (χ4n) is 2.52. The average Bonchev–Trinajstić information content (AvgIpc) is 2.72. The highest BCUT2D eigenvalue weighted by atomic mass is 16.5. The van der Waals surface area contributed by atoms with Crippen molar-refractivity contribution in [3.05, 3.63) is 29.3 Å². The molecule has 0 amide bonds. The second-order valence-electron chi connectivity index (χ2n) is 5.30. The van der Waals surface area contributed by atoms with Gasteiger partial charge in [0, 0.05) is 13.0 Å². The van der Waals surface area contributed by atoms with Crippen LogP contribution >= 0.6 is 0 Å². The van der Waals surface area contributed by atoms with Crippen LogP contribution in [0.4, 0.5) is 0 Å². The molecule has 0 aliphatic heterocycles. The lowest BCUT2D eigenvalue weighted by molar-refractivity contribution is 0.0209. The standard InChI is InChI=1S/C15H23NO2/c1-10(2)9-18-14-7-11-5-6-12(17-4)8-13(11)15(14)16-3/h5-6,8,10,14-16H,7,9H2,1-4H3. The maximum atomic E-state index is 6.02. The molecule has 1 aromatic carbocycles. The van der Waals surface area contributed by atoms with Gasteiger partial charge in [-0.05, 0) is 36.2 Å². The van der Waals surface area contributed by atoms with Crippen LogP contribution in [0.15, 0.2) is 18.2 Å². The summed E-state index contributed by atoms with van der Waals surface area (Å²) in [6, 6.07) is 6.57. The molecule has 0 saturated heterocycles. The number of hydrogen-bond donors (Lipinski definition) is 1. The second-order valence-corrected chi connectivity index (χ2v) is 5.30. The zero-order chi connectivity index (χ0) is 13.1. The van der Waals surface area contributed by atoms with Crippen molar-refractivity contribution in [1.82, 2.24) is 5.32 Å². The van der Waals surface area contributed by atoms with E-state index < -0.39 is 0 Å². The molecule has 1 aromatic rings. The van der Waals surface area contributed by atoms with Crippen LogP contribution < -0.4 is 10.1 Å². The van der Waals surface area contributed by atoms with Gasteiger partial charge in [-0.25, -0.2) is 0 Å². The minimum Gasteiger partial charge on any atom is -0.497 e. The fraction of sp³-hybridized carbons (Fsp3) is 0.600. The summed E-state index contributed by atoms with van der Waals surface area (Å²) in [5.74, 6) is 1.49. The van der Waals surface area contributed by atoms with Crippen LogP contribution in [0, 0.1) is 5.92 Å². The lowest BCUT2D eigenvalue weighted by Gasteiger charge is -2.21. The molecule has 2 rings (SSSR count). The number of methoxy groups -OCH3 is 1. The Bertz CT molecular complexity index is 403. The van der Waals surface area contributed by atoms with Gasteiger partial charge in [0.2, 0.25) is 0 Å². The third-order valence-electron chi connectivity index (χ3n) is 3.44. The van der Waals surface area contributed by atoms with Crippen LogP contribution in [-0.4, -0.2) is 26.9 Å². The Morgan fingerprint density at radius 3 is 2.78 bits per heavy atom. The van der Waals surface area contributed by atoms with E-state index in [0.29, 0.717) is 5.92 Å². The molecular formula is C15H23NO2. The molecule has 0 heterocycles. The van der Waals surface area contributed by atoms with Gasteiger partial charge in [0.05, 0.1) is 19.3 Å². The molecule has 1 aliphatic rings. The van der Waals surface area contributed by atoms with E-state index in [1.807, 2.05) is 13.1 Å². The molecule has 18 heavy (non-hydrogen) atoms. The monoisotopic (exact) mass is 249 g/mol. The smallest absolute Gasteiger partial charge is 0.119 e. The maximum absolute atomic E-state index is 6.02. The molecule has 3 heteroatoms. The van der Waals surface area contributed by atoms with Crippen LogP contribution in [0.5, 0.6) is 5.75 Å². The Kier molecular flexibility index (Phi) is 4.25. The molecule has 0 aromatic heterocycles. The zero-order valence-electron chi connectivity index (χ0n) is 11.7. The van der Waals surface area contributed by atoms with Gasteiger partial charge in [-0.2, -0.15) is 0 Å². The molecular weight excluding hydrogens is 226 g/mol. The van der Waals surface area contributed by atoms with Crippen molar-refractivity contribution in [2.24, 2.45) is 5.92 Å². The number of benzene rings is 1.